The van der Waals surface area contributed by atoms with Gasteiger partial charge >= 0.3 is 0 Å². The van der Waals surface area contributed by atoms with Crippen molar-refractivity contribution in [2.24, 2.45) is 5.41 Å². The third-order valence-electron chi connectivity index (χ3n) is 3.61. The van der Waals surface area contributed by atoms with Crippen LogP contribution in [-0.2, 0) is 0 Å². The lowest BCUT2D eigenvalue weighted by molar-refractivity contribution is 0.0823. The van der Waals surface area contributed by atoms with E-state index >= 15 is 0 Å². The van der Waals surface area contributed by atoms with Crippen LogP contribution in [0.1, 0.15) is 43.0 Å². The van der Waals surface area contributed by atoms with E-state index in [1.165, 1.54) is 12.8 Å². The molecule has 1 aliphatic rings. The van der Waals surface area contributed by atoms with Crippen molar-refractivity contribution in [1.29, 1.82) is 0 Å². The molecule has 1 saturated carbocycles. The minimum absolute atomic E-state index is 0.130. The van der Waals surface area contributed by atoms with Crippen LogP contribution in [0, 0.1) is 5.41 Å². The molecule has 0 unspecified atom stereocenters. The first-order valence-corrected chi connectivity index (χ1v) is 5.84. The number of carbonyl (C=O) groups excluding carboxylic acids is 1. The van der Waals surface area contributed by atoms with Gasteiger partial charge in [-0.2, -0.15) is 0 Å². The van der Waals surface area contributed by atoms with E-state index < -0.39 is 0 Å². The number of ether oxygens (including phenoxy) is 1. The van der Waals surface area contributed by atoms with Gasteiger partial charge in [-0.3, -0.25) is 4.79 Å². The van der Waals surface area contributed by atoms with Crippen molar-refractivity contribution in [3.05, 3.63) is 29.8 Å². The first kappa shape index (κ1) is 11.2. The molecule has 2 rings (SSSR count). The summed E-state index contributed by atoms with van der Waals surface area (Å²) in [6.07, 6.45) is 4.41. The Morgan fingerprint density at radius 1 is 1.19 bits per heavy atom. The molecule has 2 heteroatoms. The summed E-state index contributed by atoms with van der Waals surface area (Å²) in [4.78, 5) is 12.3. The van der Waals surface area contributed by atoms with Crippen LogP contribution in [0.2, 0.25) is 0 Å². The molecule has 1 aliphatic carbocycles. The smallest absolute Gasteiger partial charge is 0.168 e. The minimum atomic E-state index is -0.130. The highest BCUT2D eigenvalue weighted by Gasteiger charge is 2.36. The molecule has 0 atom stereocenters. The lowest BCUT2D eigenvalue weighted by atomic mass is 9.81. The van der Waals surface area contributed by atoms with Gasteiger partial charge in [0.15, 0.2) is 5.78 Å². The van der Waals surface area contributed by atoms with Crippen LogP contribution in [0.15, 0.2) is 24.3 Å². The average molecular weight is 218 g/mol. The summed E-state index contributed by atoms with van der Waals surface area (Å²) in [6.45, 7) is 2.09. The van der Waals surface area contributed by atoms with Crippen molar-refractivity contribution >= 4 is 5.78 Å². The summed E-state index contributed by atoms with van der Waals surface area (Å²) in [5, 5.41) is 0. The normalized spacial score (nSPS) is 18.4. The van der Waals surface area contributed by atoms with Crippen molar-refractivity contribution in [3.63, 3.8) is 0 Å². The van der Waals surface area contributed by atoms with Gasteiger partial charge in [-0.05, 0) is 37.1 Å². The number of methoxy groups -OCH3 is 1. The number of rotatable bonds is 3. The maximum atomic E-state index is 12.3. The third kappa shape index (κ3) is 1.97. The SMILES string of the molecule is COc1ccc(C(=O)C2(C)CCCC2)cc1. The van der Waals surface area contributed by atoms with Crippen LogP contribution in [0.4, 0.5) is 0 Å². The zero-order chi connectivity index (χ0) is 11.6. The van der Waals surface area contributed by atoms with E-state index in [1.54, 1.807) is 7.11 Å². The maximum Gasteiger partial charge on any atom is 0.168 e. The van der Waals surface area contributed by atoms with E-state index in [2.05, 4.69) is 6.92 Å². The Morgan fingerprint density at radius 3 is 2.25 bits per heavy atom. The molecule has 0 bridgehead atoms. The van der Waals surface area contributed by atoms with Crippen molar-refractivity contribution in [2.75, 3.05) is 7.11 Å². The highest BCUT2D eigenvalue weighted by Crippen LogP contribution is 2.40. The van der Waals surface area contributed by atoms with Gasteiger partial charge in [0.25, 0.3) is 0 Å². The first-order chi connectivity index (χ1) is 7.65. The lowest BCUT2D eigenvalue weighted by Crippen LogP contribution is -2.24. The summed E-state index contributed by atoms with van der Waals surface area (Å²) < 4.78 is 5.09. The molecule has 0 aromatic heterocycles. The fourth-order valence-corrected chi connectivity index (χ4v) is 2.47. The van der Waals surface area contributed by atoms with Gasteiger partial charge < -0.3 is 4.74 Å². The average Bonchev–Trinajstić information content (AvgIpc) is 2.77. The molecule has 2 nitrogen and oxygen atoms in total. The fraction of sp³-hybridized carbons (Fsp3) is 0.500. The second kappa shape index (κ2) is 4.28. The van der Waals surface area contributed by atoms with E-state index in [4.69, 9.17) is 4.74 Å². The Hall–Kier alpha value is -1.31. The summed E-state index contributed by atoms with van der Waals surface area (Å²) in [6, 6.07) is 7.44. The monoisotopic (exact) mass is 218 g/mol. The molecule has 1 aromatic carbocycles. The Morgan fingerprint density at radius 2 is 1.75 bits per heavy atom. The van der Waals surface area contributed by atoms with Crippen LogP contribution in [0.5, 0.6) is 5.75 Å². The molecule has 0 saturated heterocycles. The molecule has 1 fully saturated rings. The number of Topliss-reactive ketones (excluding diaryl/α,β-unsaturated/α-hetero) is 1. The second-order valence-corrected chi connectivity index (χ2v) is 4.83. The summed E-state index contributed by atoms with van der Waals surface area (Å²) in [7, 11) is 1.63. The van der Waals surface area contributed by atoms with E-state index in [0.29, 0.717) is 0 Å². The van der Waals surface area contributed by atoms with Crippen molar-refractivity contribution in [3.8, 4) is 5.75 Å². The largest absolute Gasteiger partial charge is 0.497 e. The van der Waals surface area contributed by atoms with Gasteiger partial charge in [0.1, 0.15) is 5.75 Å². The van der Waals surface area contributed by atoms with Crippen LogP contribution in [-0.4, -0.2) is 12.9 Å². The Kier molecular flexibility index (Phi) is 2.99. The maximum absolute atomic E-state index is 12.3. The van der Waals surface area contributed by atoms with E-state index in [-0.39, 0.29) is 11.2 Å². The molecular formula is C14H18O2. The first-order valence-electron chi connectivity index (χ1n) is 5.84. The number of benzene rings is 1. The van der Waals surface area contributed by atoms with Crippen LogP contribution < -0.4 is 4.74 Å². The van der Waals surface area contributed by atoms with Gasteiger partial charge in [0, 0.05) is 11.0 Å². The summed E-state index contributed by atoms with van der Waals surface area (Å²) in [5.74, 6) is 1.08. The van der Waals surface area contributed by atoms with Gasteiger partial charge in [-0.15, -0.1) is 0 Å². The van der Waals surface area contributed by atoms with E-state index in [0.717, 1.165) is 24.2 Å². The minimum Gasteiger partial charge on any atom is -0.497 e. The Bertz CT molecular complexity index is 372. The van der Waals surface area contributed by atoms with E-state index in [1.807, 2.05) is 24.3 Å². The summed E-state index contributed by atoms with van der Waals surface area (Å²) >= 11 is 0. The predicted molar refractivity (Wildman–Crippen MR) is 63.9 cm³/mol. The zero-order valence-corrected chi connectivity index (χ0v) is 9.95. The van der Waals surface area contributed by atoms with Crippen molar-refractivity contribution in [2.45, 2.75) is 32.6 Å². The lowest BCUT2D eigenvalue weighted by Gasteiger charge is -2.21. The Balaban J connectivity index is 2.20. The van der Waals surface area contributed by atoms with Gasteiger partial charge in [-0.25, -0.2) is 0 Å². The quantitative estimate of drug-likeness (QED) is 0.726. The topological polar surface area (TPSA) is 26.3 Å². The van der Waals surface area contributed by atoms with Crippen molar-refractivity contribution < 1.29 is 9.53 Å². The van der Waals surface area contributed by atoms with Crippen LogP contribution in [0.25, 0.3) is 0 Å². The highest BCUT2D eigenvalue weighted by molar-refractivity contribution is 6.00. The Labute approximate surface area is 96.6 Å². The second-order valence-electron chi connectivity index (χ2n) is 4.83. The van der Waals surface area contributed by atoms with Crippen LogP contribution >= 0.6 is 0 Å². The molecule has 0 radical (unpaired) electrons. The van der Waals surface area contributed by atoms with Crippen molar-refractivity contribution in [1.82, 2.24) is 0 Å². The molecule has 0 spiro atoms. The number of hydrogen-bond donors (Lipinski definition) is 0. The molecule has 0 aliphatic heterocycles. The molecular weight excluding hydrogens is 200 g/mol. The van der Waals surface area contributed by atoms with E-state index in [9.17, 15) is 4.79 Å². The zero-order valence-electron chi connectivity index (χ0n) is 9.95. The molecule has 0 N–H and O–H groups in total. The van der Waals surface area contributed by atoms with Gasteiger partial charge in [-0.1, -0.05) is 19.8 Å². The predicted octanol–water partition coefficient (Wildman–Crippen LogP) is 3.46. The summed E-state index contributed by atoms with van der Waals surface area (Å²) in [5.41, 5.74) is 0.680. The molecule has 0 heterocycles. The number of carbonyl (C=O) groups is 1. The standard InChI is InChI=1S/C14H18O2/c1-14(9-3-4-10-14)13(15)11-5-7-12(16-2)8-6-11/h5-8H,3-4,9-10H2,1-2H3. The third-order valence-corrected chi connectivity index (χ3v) is 3.61. The molecule has 16 heavy (non-hydrogen) atoms. The molecule has 1 aromatic rings. The number of hydrogen-bond acceptors (Lipinski definition) is 2. The number of ketones is 1. The molecule has 0 amide bonds. The van der Waals surface area contributed by atoms with Crippen LogP contribution in [0.3, 0.4) is 0 Å². The highest BCUT2D eigenvalue weighted by atomic mass is 16.5. The van der Waals surface area contributed by atoms with Gasteiger partial charge in [0.2, 0.25) is 0 Å². The van der Waals surface area contributed by atoms with Gasteiger partial charge in [0.05, 0.1) is 7.11 Å². The fourth-order valence-electron chi connectivity index (χ4n) is 2.47. The molecule has 86 valence electrons.